The van der Waals surface area contributed by atoms with Gasteiger partial charge in [0.1, 0.15) is 0 Å². The molecule has 6 rings (SSSR count). The molecule has 52 heavy (non-hydrogen) atoms. The van der Waals surface area contributed by atoms with Crippen LogP contribution >= 0.6 is 11.3 Å². The van der Waals surface area contributed by atoms with Crippen molar-refractivity contribution in [2.24, 2.45) is 0 Å². The number of nitrogens with one attached hydrogen (secondary N) is 1. The van der Waals surface area contributed by atoms with Gasteiger partial charge < -0.3 is 4.90 Å². The molecular weight excluding hydrogens is 699 g/mol. The first-order valence-corrected chi connectivity index (χ1v) is 17.0. The summed E-state index contributed by atoms with van der Waals surface area (Å²) in [5.41, 5.74) is 0.557. The van der Waals surface area contributed by atoms with E-state index in [0.29, 0.717) is 22.0 Å². The fourth-order valence-corrected chi connectivity index (χ4v) is 6.24. The van der Waals surface area contributed by atoms with Crippen molar-refractivity contribution in [3.05, 3.63) is 141 Å². The minimum Gasteiger partial charge on any atom is -0.304 e. The molecule has 0 bridgehead atoms. The first kappa shape index (κ1) is 36.4. The van der Waals surface area contributed by atoms with Crippen molar-refractivity contribution < 1.29 is 31.1 Å². The number of rotatable bonds is 5. The number of carbonyl (C=O) groups is 1. The van der Waals surface area contributed by atoms with Crippen LogP contribution in [-0.2, 0) is 18.9 Å². The lowest BCUT2D eigenvalue weighted by atomic mass is 10.0. The highest BCUT2D eigenvalue weighted by molar-refractivity contribution is 7.14. The van der Waals surface area contributed by atoms with Crippen molar-refractivity contribution in [3.63, 3.8) is 0 Å². The van der Waals surface area contributed by atoms with Gasteiger partial charge in [0.15, 0.2) is 5.13 Å². The largest absolute Gasteiger partial charge is 0.417 e. The Hall–Kier alpha value is -5.40. The Labute approximate surface area is 300 Å². The Bertz CT molecular complexity index is 2200. The number of carbonyl (C=O) groups excluding carboxylic acids is 1. The second-order valence-electron chi connectivity index (χ2n) is 12.1. The summed E-state index contributed by atoms with van der Waals surface area (Å²) in [6.07, 6.45) is -9.28. The maximum atomic E-state index is 13.7. The molecule has 1 fully saturated rings. The standard InChI is InChI=1S/C40H30F6N4OS/c1-49-20-22-50(23-21-49)25-27-10-12-31(13-11-27)37(51)48-38-47-36(26-52-38)33-19-15-28(14-16-29-6-2-4-8-34(29)39(41,42)43)32(24-33)18-17-30-7-3-5-9-35(30)40(44,45)46/h2-13,15,19,24,26H,20-23,25H2,1H3,(H,47,48,51). The zero-order chi connectivity index (χ0) is 36.9. The zero-order valence-corrected chi connectivity index (χ0v) is 28.5. The number of nitrogens with zero attached hydrogens (tertiary/aromatic N) is 3. The Morgan fingerprint density at radius 2 is 1.29 bits per heavy atom. The zero-order valence-electron chi connectivity index (χ0n) is 27.7. The third-order valence-electron chi connectivity index (χ3n) is 8.39. The van der Waals surface area contributed by atoms with Gasteiger partial charge in [-0.2, -0.15) is 26.3 Å². The van der Waals surface area contributed by atoms with E-state index in [2.05, 4.69) is 50.8 Å². The van der Waals surface area contributed by atoms with Crippen LogP contribution in [0.25, 0.3) is 11.3 Å². The molecule has 1 amide bonds. The highest BCUT2D eigenvalue weighted by atomic mass is 32.1. The number of hydrogen-bond donors (Lipinski definition) is 1. The van der Waals surface area contributed by atoms with Gasteiger partial charge in [0, 0.05) is 71.5 Å². The molecule has 0 radical (unpaired) electrons. The summed E-state index contributed by atoms with van der Waals surface area (Å²) >= 11 is 1.18. The van der Waals surface area contributed by atoms with Crippen molar-refractivity contribution >= 4 is 22.4 Å². The SMILES string of the molecule is CN1CCN(Cc2ccc(C(=O)Nc3nc(-c4ccc(C#Cc5ccccc5C(F)(F)F)c(C#Cc5ccccc5C(F)(F)F)c4)cs3)cc2)CC1. The van der Waals surface area contributed by atoms with Crippen molar-refractivity contribution in [2.75, 3.05) is 38.5 Å². The van der Waals surface area contributed by atoms with E-state index in [1.807, 2.05) is 12.1 Å². The van der Waals surface area contributed by atoms with Gasteiger partial charge in [-0.15, -0.1) is 11.3 Å². The van der Waals surface area contributed by atoms with Crippen molar-refractivity contribution in [2.45, 2.75) is 18.9 Å². The Balaban J connectivity index is 1.26. The number of likely N-dealkylation sites (N-methyl/N-ethyl adjacent to an activating group) is 1. The number of benzene rings is 4. The van der Waals surface area contributed by atoms with E-state index in [0.717, 1.165) is 50.4 Å². The molecule has 5 nitrogen and oxygen atoms in total. The minimum absolute atomic E-state index is 0.182. The molecule has 264 valence electrons. The van der Waals surface area contributed by atoms with Gasteiger partial charge >= 0.3 is 12.4 Å². The van der Waals surface area contributed by atoms with E-state index < -0.39 is 23.5 Å². The Kier molecular flexibility index (Phi) is 10.8. The normalized spacial score (nSPS) is 13.8. The minimum atomic E-state index is -4.65. The molecule has 1 aliphatic heterocycles. The highest BCUT2D eigenvalue weighted by Crippen LogP contribution is 2.33. The van der Waals surface area contributed by atoms with E-state index in [-0.39, 0.29) is 28.2 Å². The summed E-state index contributed by atoms with van der Waals surface area (Å²) in [6.45, 7) is 4.80. The van der Waals surface area contributed by atoms with Crippen LogP contribution in [0.2, 0.25) is 0 Å². The first-order chi connectivity index (χ1) is 24.8. The molecule has 0 spiro atoms. The smallest absolute Gasteiger partial charge is 0.304 e. The molecule has 1 N–H and O–H groups in total. The van der Waals surface area contributed by atoms with Gasteiger partial charge in [0.2, 0.25) is 0 Å². The Morgan fingerprint density at radius 1 is 0.731 bits per heavy atom. The number of aromatic nitrogens is 1. The molecule has 0 saturated carbocycles. The summed E-state index contributed by atoms with van der Waals surface area (Å²) in [5, 5.41) is 4.83. The molecule has 0 atom stereocenters. The number of anilines is 1. The second kappa shape index (κ2) is 15.5. The van der Waals surface area contributed by atoms with Gasteiger partial charge in [0.05, 0.1) is 16.8 Å². The lowest BCUT2D eigenvalue weighted by molar-refractivity contribution is -0.138. The van der Waals surface area contributed by atoms with Crippen LogP contribution in [0.15, 0.2) is 96.4 Å². The predicted molar refractivity (Wildman–Crippen MR) is 190 cm³/mol. The van der Waals surface area contributed by atoms with Gasteiger partial charge in [-0.3, -0.25) is 15.0 Å². The van der Waals surface area contributed by atoms with Gasteiger partial charge in [-0.05, 0) is 61.1 Å². The van der Waals surface area contributed by atoms with E-state index in [4.69, 9.17) is 0 Å². The van der Waals surface area contributed by atoms with Crippen LogP contribution in [0.3, 0.4) is 0 Å². The summed E-state index contributed by atoms with van der Waals surface area (Å²) in [6, 6.07) is 21.8. The Morgan fingerprint density at radius 3 is 1.88 bits per heavy atom. The lowest BCUT2D eigenvalue weighted by Crippen LogP contribution is -2.43. The number of alkyl halides is 6. The second-order valence-corrected chi connectivity index (χ2v) is 13.0. The molecular formula is C40H30F6N4OS. The van der Waals surface area contributed by atoms with Crippen molar-refractivity contribution in [1.82, 2.24) is 14.8 Å². The molecule has 1 aromatic heterocycles. The number of amides is 1. The molecule has 4 aromatic carbocycles. The van der Waals surface area contributed by atoms with E-state index >= 15 is 0 Å². The van der Waals surface area contributed by atoms with Gasteiger partial charge in [-0.1, -0.05) is 66.1 Å². The topological polar surface area (TPSA) is 48.5 Å². The highest BCUT2D eigenvalue weighted by Gasteiger charge is 2.33. The number of halogens is 6. The fourth-order valence-electron chi connectivity index (χ4n) is 5.52. The third kappa shape index (κ3) is 9.09. The first-order valence-electron chi connectivity index (χ1n) is 16.1. The van der Waals surface area contributed by atoms with E-state index in [1.165, 1.54) is 53.8 Å². The van der Waals surface area contributed by atoms with Crippen LogP contribution in [0.4, 0.5) is 31.5 Å². The predicted octanol–water partition coefficient (Wildman–Crippen LogP) is 8.65. The monoisotopic (exact) mass is 728 g/mol. The summed E-state index contributed by atoms with van der Waals surface area (Å²) in [7, 11) is 2.11. The maximum Gasteiger partial charge on any atom is 0.417 e. The van der Waals surface area contributed by atoms with Crippen LogP contribution in [0.1, 0.15) is 49.3 Å². The quantitative estimate of drug-likeness (QED) is 0.146. The average Bonchev–Trinajstić information content (AvgIpc) is 3.59. The summed E-state index contributed by atoms with van der Waals surface area (Å²) in [5.74, 6) is 10.3. The average molecular weight is 729 g/mol. The lowest BCUT2D eigenvalue weighted by Gasteiger charge is -2.32. The van der Waals surface area contributed by atoms with Crippen molar-refractivity contribution in [3.8, 4) is 34.9 Å². The fraction of sp³-hybridized carbons (Fsp3) is 0.200. The van der Waals surface area contributed by atoms with Crippen LogP contribution in [0, 0.1) is 23.7 Å². The third-order valence-corrected chi connectivity index (χ3v) is 9.14. The van der Waals surface area contributed by atoms with E-state index in [9.17, 15) is 31.1 Å². The van der Waals surface area contributed by atoms with E-state index in [1.54, 1.807) is 29.6 Å². The van der Waals surface area contributed by atoms with Gasteiger partial charge in [-0.25, -0.2) is 4.98 Å². The van der Waals surface area contributed by atoms with Crippen molar-refractivity contribution in [1.29, 1.82) is 0 Å². The number of piperazine rings is 1. The molecule has 5 aromatic rings. The van der Waals surface area contributed by atoms with Crippen LogP contribution in [0.5, 0.6) is 0 Å². The number of thiazole rings is 1. The summed E-state index contributed by atoms with van der Waals surface area (Å²) in [4.78, 5) is 22.2. The molecule has 1 aliphatic rings. The van der Waals surface area contributed by atoms with Gasteiger partial charge in [0.25, 0.3) is 5.91 Å². The molecule has 12 heteroatoms. The number of hydrogen-bond acceptors (Lipinski definition) is 5. The molecule has 2 heterocycles. The maximum absolute atomic E-state index is 13.7. The molecule has 0 aliphatic carbocycles. The summed E-state index contributed by atoms with van der Waals surface area (Å²) < 4.78 is 81.8. The van der Waals surface area contributed by atoms with Crippen LogP contribution < -0.4 is 5.32 Å². The molecule has 1 saturated heterocycles. The van der Waals surface area contributed by atoms with Crippen LogP contribution in [-0.4, -0.2) is 53.9 Å². The molecule has 0 unspecified atom stereocenters.